The quantitative estimate of drug-likeness (QED) is 0.650. The minimum atomic E-state index is -4.34. The van der Waals surface area contributed by atoms with Crippen LogP contribution < -0.4 is 15.5 Å². The van der Waals surface area contributed by atoms with Gasteiger partial charge in [0.1, 0.15) is 0 Å². The SMILES string of the molecule is C[C@@H](Nc1ccnc2ccc(N3CCNC(C)(C)C3)cc12)C1C=CC=CC1(C)C(F)(F)F. The Hall–Kier alpha value is -2.54. The van der Waals surface area contributed by atoms with Gasteiger partial charge in [-0.15, -0.1) is 0 Å². The molecule has 1 aromatic heterocycles. The molecular weight excluding hydrogens is 413 g/mol. The second-order valence-electron chi connectivity index (χ2n) is 9.78. The fourth-order valence-electron chi connectivity index (χ4n) is 4.87. The zero-order valence-corrected chi connectivity index (χ0v) is 19.0. The maximum Gasteiger partial charge on any atom is 0.398 e. The average molecular weight is 445 g/mol. The van der Waals surface area contributed by atoms with Gasteiger partial charge in [0.2, 0.25) is 0 Å². The Morgan fingerprint density at radius 2 is 1.97 bits per heavy atom. The highest BCUT2D eigenvalue weighted by molar-refractivity contribution is 5.93. The summed E-state index contributed by atoms with van der Waals surface area (Å²) in [6.07, 6.45) is 3.47. The van der Waals surface area contributed by atoms with Crippen molar-refractivity contribution in [2.75, 3.05) is 29.9 Å². The molecule has 1 aromatic carbocycles. The Kier molecular flexibility index (Phi) is 5.74. The first-order valence-corrected chi connectivity index (χ1v) is 11.1. The van der Waals surface area contributed by atoms with Crippen LogP contribution in [-0.4, -0.2) is 42.4 Å². The van der Waals surface area contributed by atoms with Crippen LogP contribution in [0.3, 0.4) is 0 Å². The first-order valence-electron chi connectivity index (χ1n) is 11.1. The maximum atomic E-state index is 13.9. The van der Waals surface area contributed by atoms with Crippen molar-refractivity contribution >= 4 is 22.3 Å². The van der Waals surface area contributed by atoms with E-state index in [1.54, 1.807) is 18.3 Å². The number of hydrogen-bond donors (Lipinski definition) is 2. The van der Waals surface area contributed by atoms with Crippen LogP contribution in [0.5, 0.6) is 0 Å². The molecule has 172 valence electrons. The predicted octanol–water partition coefficient (Wildman–Crippen LogP) is 5.53. The lowest BCUT2D eigenvalue weighted by Crippen LogP contribution is -2.57. The van der Waals surface area contributed by atoms with E-state index in [1.165, 1.54) is 19.1 Å². The topological polar surface area (TPSA) is 40.2 Å². The minimum Gasteiger partial charge on any atom is -0.381 e. The molecule has 4 rings (SSSR count). The summed E-state index contributed by atoms with van der Waals surface area (Å²) < 4.78 is 41.7. The Morgan fingerprint density at radius 1 is 1.19 bits per heavy atom. The second kappa shape index (κ2) is 8.10. The summed E-state index contributed by atoms with van der Waals surface area (Å²) >= 11 is 0. The molecule has 2 unspecified atom stereocenters. The summed E-state index contributed by atoms with van der Waals surface area (Å²) in [6, 6.07) is 7.56. The number of nitrogens with zero attached hydrogens (tertiary/aromatic N) is 2. The maximum absolute atomic E-state index is 13.9. The van der Waals surface area contributed by atoms with E-state index in [0.29, 0.717) is 0 Å². The van der Waals surface area contributed by atoms with E-state index in [1.807, 2.05) is 19.1 Å². The third kappa shape index (κ3) is 4.22. The Labute approximate surface area is 187 Å². The van der Waals surface area contributed by atoms with Crippen molar-refractivity contribution in [3.63, 3.8) is 0 Å². The van der Waals surface area contributed by atoms with Crippen molar-refractivity contribution in [1.82, 2.24) is 10.3 Å². The molecule has 7 heteroatoms. The van der Waals surface area contributed by atoms with Gasteiger partial charge in [0.25, 0.3) is 0 Å². The molecule has 0 bridgehead atoms. The first kappa shape index (κ1) is 22.6. The Balaban J connectivity index is 1.64. The third-order valence-electron chi connectivity index (χ3n) is 6.76. The summed E-state index contributed by atoms with van der Waals surface area (Å²) in [7, 11) is 0. The van der Waals surface area contributed by atoms with E-state index < -0.39 is 23.6 Å². The van der Waals surface area contributed by atoms with Gasteiger partial charge in [0, 0.05) is 60.1 Å². The van der Waals surface area contributed by atoms with Crippen molar-refractivity contribution < 1.29 is 13.2 Å². The summed E-state index contributed by atoms with van der Waals surface area (Å²) in [4.78, 5) is 6.81. The number of aromatic nitrogens is 1. The Bertz CT molecular complexity index is 1040. The molecule has 0 spiro atoms. The molecular formula is C25H31F3N4. The van der Waals surface area contributed by atoms with Gasteiger partial charge in [0.15, 0.2) is 0 Å². The minimum absolute atomic E-state index is 0.0145. The van der Waals surface area contributed by atoms with Gasteiger partial charge in [-0.3, -0.25) is 4.98 Å². The van der Waals surface area contributed by atoms with Crippen molar-refractivity contribution in [3.8, 4) is 0 Å². The molecule has 2 N–H and O–H groups in total. The number of benzene rings is 1. The number of nitrogens with one attached hydrogen (secondary N) is 2. The van der Waals surface area contributed by atoms with Crippen LogP contribution in [0.25, 0.3) is 10.9 Å². The van der Waals surface area contributed by atoms with E-state index in [0.717, 1.165) is 41.9 Å². The Morgan fingerprint density at radius 3 is 2.69 bits per heavy atom. The molecule has 1 aliphatic carbocycles. The number of hydrogen-bond acceptors (Lipinski definition) is 4. The highest BCUT2D eigenvalue weighted by Crippen LogP contribution is 2.49. The van der Waals surface area contributed by atoms with E-state index >= 15 is 0 Å². The van der Waals surface area contributed by atoms with Crippen LogP contribution in [0.15, 0.2) is 54.8 Å². The molecule has 0 saturated carbocycles. The third-order valence-corrected chi connectivity index (χ3v) is 6.76. The van der Waals surface area contributed by atoms with Crippen molar-refractivity contribution in [2.45, 2.75) is 45.5 Å². The average Bonchev–Trinajstić information content (AvgIpc) is 2.72. The number of rotatable bonds is 4. The van der Waals surface area contributed by atoms with Gasteiger partial charge in [-0.05, 0) is 52.0 Å². The number of pyridine rings is 1. The molecule has 1 fully saturated rings. The fraction of sp³-hybridized carbons (Fsp3) is 0.480. The number of fused-ring (bicyclic) bond motifs is 1. The monoisotopic (exact) mass is 444 g/mol. The van der Waals surface area contributed by atoms with E-state index in [9.17, 15) is 13.2 Å². The van der Waals surface area contributed by atoms with Crippen LogP contribution in [0.1, 0.15) is 27.7 Å². The lowest BCUT2D eigenvalue weighted by Gasteiger charge is -2.41. The molecule has 0 radical (unpaired) electrons. The van der Waals surface area contributed by atoms with E-state index in [2.05, 4.69) is 46.5 Å². The second-order valence-corrected chi connectivity index (χ2v) is 9.78. The number of anilines is 2. The van der Waals surface area contributed by atoms with Gasteiger partial charge >= 0.3 is 6.18 Å². The predicted molar refractivity (Wildman–Crippen MR) is 125 cm³/mol. The normalized spacial score (nSPS) is 26.3. The molecule has 2 aliphatic rings. The zero-order valence-electron chi connectivity index (χ0n) is 19.0. The van der Waals surface area contributed by atoms with Crippen LogP contribution in [0.2, 0.25) is 0 Å². The lowest BCUT2D eigenvalue weighted by atomic mass is 9.70. The molecule has 1 saturated heterocycles. The number of alkyl halides is 3. The molecule has 1 aliphatic heterocycles. The molecule has 2 heterocycles. The summed E-state index contributed by atoms with van der Waals surface area (Å²) in [5, 5.41) is 7.81. The number of allylic oxidation sites excluding steroid dienone is 3. The van der Waals surface area contributed by atoms with Crippen LogP contribution in [0.4, 0.5) is 24.5 Å². The van der Waals surface area contributed by atoms with Crippen LogP contribution in [-0.2, 0) is 0 Å². The number of halogens is 3. The largest absolute Gasteiger partial charge is 0.398 e. The van der Waals surface area contributed by atoms with Gasteiger partial charge < -0.3 is 15.5 Å². The van der Waals surface area contributed by atoms with Crippen LogP contribution in [0, 0.1) is 11.3 Å². The van der Waals surface area contributed by atoms with Gasteiger partial charge in [-0.1, -0.05) is 24.3 Å². The molecule has 0 amide bonds. The van der Waals surface area contributed by atoms with Crippen molar-refractivity contribution in [2.24, 2.45) is 11.3 Å². The van der Waals surface area contributed by atoms with E-state index in [-0.39, 0.29) is 5.54 Å². The summed E-state index contributed by atoms with van der Waals surface area (Å²) in [6.45, 7) is 10.1. The van der Waals surface area contributed by atoms with Gasteiger partial charge in [-0.25, -0.2) is 0 Å². The molecule has 2 aromatic rings. The standard InChI is InChI=1S/C25H31F3N4/c1-17(20-7-5-6-11-24(20,4)25(26,27)28)31-22-10-12-29-21-9-8-18(15-19(21)22)32-14-13-30-23(2,3)16-32/h5-12,15,17,20,30H,13-14,16H2,1-4H3,(H,29,31)/t17-,20?,24?/m1/s1. The molecule has 3 atom stereocenters. The fourth-order valence-corrected chi connectivity index (χ4v) is 4.87. The zero-order chi connectivity index (χ0) is 23.1. The van der Waals surface area contributed by atoms with Crippen molar-refractivity contribution in [1.29, 1.82) is 0 Å². The molecule has 32 heavy (non-hydrogen) atoms. The smallest absolute Gasteiger partial charge is 0.381 e. The number of piperazine rings is 1. The molecule has 4 nitrogen and oxygen atoms in total. The van der Waals surface area contributed by atoms with E-state index in [4.69, 9.17) is 0 Å². The van der Waals surface area contributed by atoms with Crippen molar-refractivity contribution in [3.05, 3.63) is 54.8 Å². The summed E-state index contributed by atoms with van der Waals surface area (Å²) in [5.41, 5.74) is 0.801. The first-order chi connectivity index (χ1) is 15.0. The lowest BCUT2D eigenvalue weighted by molar-refractivity contribution is -0.213. The highest BCUT2D eigenvalue weighted by Gasteiger charge is 2.55. The van der Waals surface area contributed by atoms with Gasteiger partial charge in [0.05, 0.1) is 10.9 Å². The highest BCUT2D eigenvalue weighted by atomic mass is 19.4. The van der Waals surface area contributed by atoms with Crippen LogP contribution >= 0.6 is 0 Å². The van der Waals surface area contributed by atoms with Gasteiger partial charge in [-0.2, -0.15) is 13.2 Å². The summed E-state index contributed by atoms with van der Waals surface area (Å²) in [5.74, 6) is -0.729.